The molecule has 1 aromatic heterocycles. The predicted molar refractivity (Wildman–Crippen MR) is 75.9 cm³/mol. The highest BCUT2D eigenvalue weighted by Gasteiger charge is 2.21. The number of carboxylic acids is 1. The summed E-state index contributed by atoms with van der Waals surface area (Å²) >= 11 is 3.98. The maximum Gasteiger partial charge on any atom is 0.340 e. The lowest BCUT2D eigenvalue weighted by Crippen LogP contribution is -2.15. The Morgan fingerprint density at radius 3 is 2.80 bits per heavy atom. The Labute approximate surface area is 125 Å². The first-order chi connectivity index (χ1) is 9.40. The van der Waals surface area contributed by atoms with Crippen LogP contribution in [0.25, 0.3) is 0 Å². The number of aromatic nitrogens is 1. The van der Waals surface area contributed by atoms with E-state index in [1.807, 2.05) is 0 Å². The molecule has 5 nitrogen and oxygen atoms in total. The molecule has 0 saturated heterocycles. The highest BCUT2D eigenvalue weighted by atomic mass is 79.9. The lowest BCUT2D eigenvalue weighted by Gasteiger charge is -2.05. The van der Waals surface area contributed by atoms with E-state index in [1.54, 1.807) is 0 Å². The zero-order valence-electron chi connectivity index (χ0n) is 10.1. The van der Waals surface area contributed by atoms with E-state index in [0.717, 1.165) is 17.6 Å². The Hall–Kier alpha value is -1.80. The average Bonchev–Trinajstić information content (AvgIpc) is 2.73. The molecule has 1 amide bonds. The fraction of sp³-hybridized carbons (Fsp3) is 0.0833. The zero-order valence-corrected chi connectivity index (χ0v) is 12.5. The van der Waals surface area contributed by atoms with Crippen LogP contribution in [0.2, 0.25) is 0 Å². The van der Waals surface area contributed by atoms with Crippen molar-refractivity contribution in [2.24, 2.45) is 0 Å². The molecule has 0 bridgehead atoms. The molecule has 0 saturated carbocycles. The van der Waals surface area contributed by atoms with Gasteiger partial charge in [-0.05, 0) is 36.7 Å². The van der Waals surface area contributed by atoms with Crippen molar-refractivity contribution >= 4 is 44.3 Å². The number of nitrogens with zero attached hydrogens (tertiary/aromatic N) is 1. The Morgan fingerprint density at radius 2 is 2.15 bits per heavy atom. The second kappa shape index (κ2) is 5.68. The molecule has 2 N–H and O–H groups in total. The number of carboxylic acid groups (broad SMARTS) is 1. The minimum Gasteiger partial charge on any atom is -0.478 e. The number of aryl methyl sites for hydroxylation is 1. The summed E-state index contributed by atoms with van der Waals surface area (Å²) in [4.78, 5) is 23.1. The first-order valence-corrected chi connectivity index (χ1v) is 6.92. The molecule has 0 radical (unpaired) electrons. The van der Waals surface area contributed by atoms with Crippen LogP contribution in [0.1, 0.15) is 26.4 Å². The smallest absolute Gasteiger partial charge is 0.340 e. The predicted octanol–water partition coefficient (Wildman–Crippen LogP) is 3.30. The number of anilines is 1. The van der Waals surface area contributed by atoms with Gasteiger partial charge in [0.1, 0.15) is 16.4 Å². The van der Waals surface area contributed by atoms with Crippen LogP contribution >= 0.6 is 27.5 Å². The lowest BCUT2D eigenvalue weighted by atomic mass is 10.2. The van der Waals surface area contributed by atoms with Crippen molar-refractivity contribution in [2.75, 3.05) is 5.32 Å². The van der Waals surface area contributed by atoms with E-state index >= 15 is 0 Å². The van der Waals surface area contributed by atoms with E-state index in [1.165, 1.54) is 19.1 Å². The molecule has 2 rings (SSSR count). The zero-order chi connectivity index (χ0) is 14.9. The maximum atomic E-state index is 13.6. The fourth-order valence-corrected chi connectivity index (χ4v) is 2.69. The summed E-state index contributed by atoms with van der Waals surface area (Å²) in [6, 6.07) is 3.93. The third kappa shape index (κ3) is 2.86. The number of carbonyl (C=O) groups is 2. The second-order valence-corrected chi connectivity index (χ2v) is 5.54. The molecule has 0 unspecified atom stereocenters. The van der Waals surface area contributed by atoms with E-state index < -0.39 is 17.7 Å². The van der Waals surface area contributed by atoms with E-state index in [4.69, 9.17) is 5.11 Å². The van der Waals surface area contributed by atoms with E-state index in [0.29, 0.717) is 10.2 Å². The minimum absolute atomic E-state index is 0.0828. The monoisotopic (exact) mass is 358 g/mol. The summed E-state index contributed by atoms with van der Waals surface area (Å²) < 4.78 is 18.0. The number of benzene rings is 1. The van der Waals surface area contributed by atoms with Crippen molar-refractivity contribution in [3.63, 3.8) is 0 Å². The number of halogens is 2. The normalized spacial score (nSPS) is 10.3. The average molecular weight is 359 g/mol. The molecule has 0 aliphatic carbocycles. The minimum atomic E-state index is -1.19. The van der Waals surface area contributed by atoms with E-state index in [2.05, 4.69) is 25.6 Å². The van der Waals surface area contributed by atoms with Crippen LogP contribution < -0.4 is 5.32 Å². The molecule has 0 aliphatic rings. The van der Waals surface area contributed by atoms with Gasteiger partial charge in [-0.2, -0.15) is 4.37 Å². The van der Waals surface area contributed by atoms with Crippen LogP contribution in [0.5, 0.6) is 0 Å². The van der Waals surface area contributed by atoms with E-state index in [9.17, 15) is 14.0 Å². The standard InChI is InChI=1S/C12H8BrFN2O3S/c1-5-9(12(18)19)11(20-16-5)15-10(17)7-4-6(13)2-3-8(7)14/h2-4H,1H3,(H,15,17)(H,18,19). The van der Waals surface area contributed by atoms with Crippen LogP contribution in [0.4, 0.5) is 9.39 Å². The molecule has 0 aliphatic heterocycles. The van der Waals surface area contributed by atoms with Crippen molar-refractivity contribution in [2.45, 2.75) is 6.92 Å². The van der Waals surface area contributed by atoms with Crippen LogP contribution in [0.15, 0.2) is 22.7 Å². The molecule has 0 atom stereocenters. The number of rotatable bonds is 3. The van der Waals surface area contributed by atoms with Crippen LogP contribution in [0, 0.1) is 12.7 Å². The highest BCUT2D eigenvalue weighted by molar-refractivity contribution is 9.10. The number of carbonyl (C=O) groups excluding carboxylic acids is 1. The van der Waals surface area contributed by atoms with Gasteiger partial charge in [0.25, 0.3) is 5.91 Å². The topological polar surface area (TPSA) is 79.3 Å². The molecule has 1 heterocycles. The molecule has 8 heteroatoms. The Kier molecular flexibility index (Phi) is 4.15. The van der Waals surface area contributed by atoms with Crippen LogP contribution in [0.3, 0.4) is 0 Å². The van der Waals surface area contributed by atoms with E-state index in [-0.39, 0.29) is 16.1 Å². The van der Waals surface area contributed by atoms with Gasteiger partial charge in [0.05, 0.1) is 11.3 Å². The molecular weight excluding hydrogens is 351 g/mol. The number of hydrogen-bond donors (Lipinski definition) is 2. The third-order valence-electron chi connectivity index (χ3n) is 2.48. The first kappa shape index (κ1) is 14.6. The van der Waals surface area contributed by atoms with Gasteiger partial charge < -0.3 is 10.4 Å². The van der Waals surface area contributed by atoms with Gasteiger partial charge in [0.2, 0.25) is 0 Å². The highest BCUT2D eigenvalue weighted by Crippen LogP contribution is 2.25. The second-order valence-electron chi connectivity index (χ2n) is 3.86. The SMILES string of the molecule is Cc1nsc(NC(=O)c2cc(Br)ccc2F)c1C(=O)O. The van der Waals surface area contributed by atoms with Gasteiger partial charge in [0, 0.05) is 4.47 Å². The van der Waals surface area contributed by atoms with Crippen molar-refractivity contribution < 1.29 is 19.1 Å². The van der Waals surface area contributed by atoms with Crippen LogP contribution in [-0.2, 0) is 0 Å². The van der Waals surface area contributed by atoms with Gasteiger partial charge in [-0.3, -0.25) is 4.79 Å². The van der Waals surface area contributed by atoms with Crippen molar-refractivity contribution in [3.8, 4) is 0 Å². The summed E-state index contributed by atoms with van der Waals surface area (Å²) in [5.41, 5.74) is 0.0352. The molecule has 1 aromatic carbocycles. The van der Waals surface area contributed by atoms with Crippen molar-refractivity contribution in [1.29, 1.82) is 0 Å². The Balaban J connectivity index is 2.33. The maximum absolute atomic E-state index is 13.6. The summed E-state index contributed by atoms with van der Waals surface area (Å²) in [6.45, 7) is 1.52. The molecular formula is C12H8BrFN2O3S. The third-order valence-corrected chi connectivity index (χ3v) is 3.82. The molecule has 0 fully saturated rings. The quantitative estimate of drug-likeness (QED) is 0.881. The summed E-state index contributed by atoms with van der Waals surface area (Å²) in [5.74, 6) is -2.61. The largest absolute Gasteiger partial charge is 0.478 e. The summed E-state index contributed by atoms with van der Waals surface area (Å²) in [6.07, 6.45) is 0. The molecule has 20 heavy (non-hydrogen) atoms. The van der Waals surface area contributed by atoms with Gasteiger partial charge in [0.15, 0.2) is 0 Å². The van der Waals surface area contributed by atoms with Crippen LogP contribution in [-0.4, -0.2) is 21.4 Å². The summed E-state index contributed by atoms with van der Waals surface area (Å²) in [5, 5.41) is 11.5. The first-order valence-electron chi connectivity index (χ1n) is 5.36. The van der Waals surface area contributed by atoms with Gasteiger partial charge >= 0.3 is 5.97 Å². The molecule has 2 aromatic rings. The molecule has 104 valence electrons. The van der Waals surface area contributed by atoms with Gasteiger partial charge in [-0.1, -0.05) is 15.9 Å². The number of amides is 1. The fourth-order valence-electron chi connectivity index (χ4n) is 1.55. The Bertz CT molecular complexity index is 702. The van der Waals surface area contributed by atoms with Gasteiger partial charge in [-0.25, -0.2) is 9.18 Å². The van der Waals surface area contributed by atoms with Crippen molar-refractivity contribution in [1.82, 2.24) is 4.37 Å². The number of aromatic carboxylic acids is 1. The summed E-state index contributed by atoms with van der Waals surface area (Å²) in [7, 11) is 0. The number of hydrogen-bond acceptors (Lipinski definition) is 4. The molecule has 0 spiro atoms. The van der Waals surface area contributed by atoms with Gasteiger partial charge in [-0.15, -0.1) is 0 Å². The van der Waals surface area contributed by atoms with Crippen molar-refractivity contribution in [3.05, 3.63) is 45.3 Å². The Morgan fingerprint density at radius 1 is 1.45 bits per heavy atom. The lowest BCUT2D eigenvalue weighted by molar-refractivity contribution is 0.0697. The number of nitrogens with one attached hydrogen (secondary N) is 1.